The Balaban J connectivity index is 2.30. The van der Waals surface area contributed by atoms with E-state index in [4.69, 9.17) is 0 Å². The van der Waals surface area contributed by atoms with Gasteiger partial charge < -0.3 is 5.32 Å². The second-order valence-electron chi connectivity index (χ2n) is 3.06. The molecule has 12 heavy (non-hydrogen) atoms. The summed E-state index contributed by atoms with van der Waals surface area (Å²) in [7, 11) is 0. The van der Waals surface area contributed by atoms with Crippen molar-refractivity contribution in [3.05, 3.63) is 34.1 Å². The minimum atomic E-state index is -0.161. The Hall–Kier alpha value is -0.410. The average Bonchev–Trinajstić information content (AvgIpc) is 1.79. The molecule has 1 aliphatic rings. The van der Waals surface area contributed by atoms with Gasteiger partial charge in [0.2, 0.25) is 0 Å². The summed E-state index contributed by atoms with van der Waals surface area (Å²) in [5.74, 6) is 0.336. The Morgan fingerprint density at radius 2 is 2.08 bits per heavy atom. The first-order chi connectivity index (χ1) is 5.75. The van der Waals surface area contributed by atoms with Gasteiger partial charge in [-0.25, -0.2) is 4.39 Å². The van der Waals surface area contributed by atoms with Gasteiger partial charge >= 0.3 is 0 Å². The fraction of sp³-hybridized carbons (Fsp3) is 0.333. The third kappa shape index (κ3) is 1.52. The normalized spacial score (nSPS) is 17.5. The van der Waals surface area contributed by atoms with Crippen LogP contribution in [-0.2, 0) is 0 Å². The van der Waals surface area contributed by atoms with E-state index in [1.807, 2.05) is 6.07 Å². The van der Waals surface area contributed by atoms with Crippen molar-refractivity contribution in [1.82, 2.24) is 5.32 Å². The second-order valence-corrected chi connectivity index (χ2v) is 3.97. The summed E-state index contributed by atoms with van der Waals surface area (Å²) in [5, 5.41) is 3.16. The second kappa shape index (κ2) is 3.15. The molecule has 1 aromatic carbocycles. The Bertz CT molecular complexity index is 276. The van der Waals surface area contributed by atoms with Crippen LogP contribution in [0.3, 0.4) is 0 Å². The number of rotatable bonds is 1. The molecule has 0 unspecified atom stereocenters. The molecule has 1 heterocycles. The summed E-state index contributed by atoms with van der Waals surface area (Å²) in [6.45, 7) is 1.94. The van der Waals surface area contributed by atoms with Gasteiger partial charge in [-0.1, -0.05) is 15.9 Å². The molecule has 1 aromatic rings. The summed E-state index contributed by atoms with van der Waals surface area (Å²) < 4.78 is 13.7. The first-order valence-electron chi connectivity index (χ1n) is 3.92. The van der Waals surface area contributed by atoms with Crippen LogP contribution in [0.4, 0.5) is 4.39 Å². The highest BCUT2D eigenvalue weighted by molar-refractivity contribution is 9.10. The van der Waals surface area contributed by atoms with Gasteiger partial charge in [0.05, 0.1) is 0 Å². The zero-order valence-electron chi connectivity index (χ0n) is 6.48. The fourth-order valence-electron chi connectivity index (χ4n) is 1.34. The highest BCUT2D eigenvalue weighted by Crippen LogP contribution is 2.24. The topological polar surface area (TPSA) is 12.0 Å². The minimum absolute atomic E-state index is 0.161. The van der Waals surface area contributed by atoms with E-state index in [-0.39, 0.29) is 5.82 Å². The molecule has 0 aliphatic carbocycles. The van der Waals surface area contributed by atoms with Crippen LogP contribution < -0.4 is 5.32 Å². The quantitative estimate of drug-likeness (QED) is 0.780. The predicted octanol–water partition coefficient (Wildman–Crippen LogP) is 2.28. The van der Waals surface area contributed by atoms with E-state index >= 15 is 0 Å². The molecule has 0 spiro atoms. The fourth-order valence-corrected chi connectivity index (χ4v) is 1.82. The van der Waals surface area contributed by atoms with Gasteiger partial charge in [0.25, 0.3) is 0 Å². The van der Waals surface area contributed by atoms with Crippen molar-refractivity contribution in [1.29, 1.82) is 0 Å². The third-order valence-corrected chi connectivity index (χ3v) is 2.60. The van der Waals surface area contributed by atoms with Gasteiger partial charge in [-0.3, -0.25) is 0 Å². The standard InChI is InChI=1S/C9H9BrFN/c10-8-1-6(2-9(11)3-8)7-4-12-5-7/h1-3,7,12H,4-5H2. The summed E-state index contributed by atoms with van der Waals surface area (Å²) >= 11 is 3.27. The molecule has 1 aliphatic heterocycles. The maximum Gasteiger partial charge on any atom is 0.124 e. The number of benzene rings is 1. The smallest absolute Gasteiger partial charge is 0.124 e. The molecule has 1 saturated heterocycles. The van der Waals surface area contributed by atoms with E-state index in [9.17, 15) is 4.39 Å². The first kappa shape index (κ1) is 8.20. The SMILES string of the molecule is Fc1cc(Br)cc(C2CNC2)c1. The molecular weight excluding hydrogens is 221 g/mol. The largest absolute Gasteiger partial charge is 0.315 e. The molecule has 0 saturated carbocycles. The van der Waals surface area contributed by atoms with E-state index in [1.165, 1.54) is 6.07 Å². The predicted molar refractivity (Wildman–Crippen MR) is 49.7 cm³/mol. The number of nitrogens with one attached hydrogen (secondary N) is 1. The number of halogens is 2. The maximum absolute atomic E-state index is 12.9. The molecule has 0 aromatic heterocycles. The van der Waals surface area contributed by atoms with Crippen LogP contribution in [0.2, 0.25) is 0 Å². The van der Waals surface area contributed by atoms with Crippen molar-refractivity contribution < 1.29 is 4.39 Å². The molecule has 64 valence electrons. The maximum atomic E-state index is 12.9. The monoisotopic (exact) mass is 229 g/mol. The highest BCUT2D eigenvalue weighted by Gasteiger charge is 2.19. The van der Waals surface area contributed by atoms with Gasteiger partial charge in [-0.15, -0.1) is 0 Å². The molecule has 0 amide bonds. The summed E-state index contributed by atoms with van der Waals surface area (Å²) in [6, 6.07) is 5.07. The van der Waals surface area contributed by atoms with E-state index in [0.29, 0.717) is 5.92 Å². The van der Waals surface area contributed by atoms with Crippen LogP contribution in [0.15, 0.2) is 22.7 Å². The molecular formula is C9H9BrFN. The van der Waals surface area contributed by atoms with E-state index in [2.05, 4.69) is 21.2 Å². The molecule has 3 heteroatoms. The lowest BCUT2D eigenvalue weighted by Gasteiger charge is -2.27. The van der Waals surface area contributed by atoms with Crippen LogP contribution in [0, 0.1) is 5.82 Å². The summed E-state index contributed by atoms with van der Waals surface area (Å²) in [5.41, 5.74) is 1.08. The van der Waals surface area contributed by atoms with Crippen molar-refractivity contribution in [2.45, 2.75) is 5.92 Å². The average molecular weight is 230 g/mol. The zero-order valence-corrected chi connectivity index (χ0v) is 8.07. The molecule has 1 nitrogen and oxygen atoms in total. The molecule has 2 rings (SSSR count). The van der Waals surface area contributed by atoms with Gasteiger partial charge in [-0.05, 0) is 23.8 Å². The van der Waals surface area contributed by atoms with Crippen molar-refractivity contribution in [3.63, 3.8) is 0 Å². The molecule has 1 fully saturated rings. The van der Waals surface area contributed by atoms with Crippen molar-refractivity contribution in [3.8, 4) is 0 Å². The van der Waals surface area contributed by atoms with Crippen LogP contribution >= 0.6 is 15.9 Å². The van der Waals surface area contributed by atoms with Crippen LogP contribution in [0.25, 0.3) is 0 Å². The summed E-state index contributed by atoms with van der Waals surface area (Å²) in [4.78, 5) is 0. The Morgan fingerprint density at radius 1 is 1.33 bits per heavy atom. The number of hydrogen-bond donors (Lipinski definition) is 1. The zero-order chi connectivity index (χ0) is 8.55. The van der Waals surface area contributed by atoms with E-state index < -0.39 is 0 Å². The summed E-state index contributed by atoms with van der Waals surface area (Å²) in [6.07, 6.45) is 0. The van der Waals surface area contributed by atoms with Crippen molar-refractivity contribution >= 4 is 15.9 Å². The Morgan fingerprint density at radius 3 is 2.58 bits per heavy atom. The van der Waals surface area contributed by atoms with Crippen molar-refractivity contribution in [2.75, 3.05) is 13.1 Å². The first-order valence-corrected chi connectivity index (χ1v) is 4.72. The molecule has 0 bridgehead atoms. The molecule has 0 atom stereocenters. The van der Waals surface area contributed by atoms with Crippen LogP contribution in [0.5, 0.6) is 0 Å². The van der Waals surface area contributed by atoms with Gasteiger partial charge in [-0.2, -0.15) is 0 Å². The Labute approximate surface area is 79.1 Å². The van der Waals surface area contributed by atoms with Gasteiger partial charge in [0.1, 0.15) is 5.82 Å². The van der Waals surface area contributed by atoms with Crippen LogP contribution in [-0.4, -0.2) is 13.1 Å². The van der Waals surface area contributed by atoms with Crippen molar-refractivity contribution in [2.24, 2.45) is 0 Å². The van der Waals surface area contributed by atoms with E-state index in [1.54, 1.807) is 6.07 Å². The van der Waals surface area contributed by atoms with E-state index in [0.717, 1.165) is 23.1 Å². The lowest BCUT2D eigenvalue weighted by Crippen LogP contribution is -2.39. The lowest BCUT2D eigenvalue weighted by molar-refractivity contribution is 0.446. The Kier molecular flexibility index (Phi) is 2.15. The van der Waals surface area contributed by atoms with Gasteiger partial charge in [0, 0.05) is 23.5 Å². The number of hydrogen-bond acceptors (Lipinski definition) is 1. The van der Waals surface area contributed by atoms with Gasteiger partial charge in [0.15, 0.2) is 0 Å². The highest BCUT2D eigenvalue weighted by atomic mass is 79.9. The lowest BCUT2D eigenvalue weighted by atomic mass is 9.94. The molecule has 0 radical (unpaired) electrons. The minimum Gasteiger partial charge on any atom is -0.315 e. The van der Waals surface area contributed by atoms with Crippen LogP contribution in [0.1, 0.15) is 11.5 Å². The molecule has 1 N–H and O–H groups in total. The third-order valence-electron chi connectivity index (χ3n) is 2.14.